The first-order valence-electron chi connectivity index (χ1n) is 9.82. The molecule has 0 spiro atoms. The summed E-state index contributed by atoms with van der Waals surface area (Å²) in [5.74, 6) is 1.32. The van der Waals surface area contributed by atoms with Gasteiger partial charge in [0.25, 0.3) is 0 Å². The SMILES string of the molecule is CC1CCN(C(=O)C(C)N2CCC(C(O)c3ccccc3)CC2)CC1. The summed E-state index contributed by atoms with van der Waals surface area (Å²) in [7, 11) is 0. The number of benzene rings is 1. The van der Waals surface area contributed by atoms with Crippen molar-refractivity contribution in [1.29, 1.82) is 0 Å². The molecular weight excluding hydrogens is 312 g/mol. The quantitative estimate of drug-likeness (QED) is 0.913. The van der Waals surface area contributed by atoms with Crippen LogP contribution >= 0.6 is 0 Å². The highest BCUT2D eigenvalue weighted by molar-refractivity contribution is 5.81. The highest BCUT2D eigenvalue weighted by Crippen LogP contribution is 2.31. The average Bonchev–Trinajstić information content (AvgIpc) is 2.67. The number of carbonyl (C=O) groups excluding carboxylic acids is 1. The van der Waals surface area contributed by atoms with Crippen LogP contribution < -0.4 is 0 Å². The summed E-state index contributed by atoms with van der Waals surface area (Å²) in [4.78, 5) is 17.1. The number of nitrogens with zero attached hydrogens (tertiary/aromatic N) is 2. The lowest BCUT2D eigenvalue weighted by atomic mass is 9.87. The van der Waals surface area contributed by atoms with Crippen LogP contribution in [0.5, 0.6) is 0 Å². The van der Waals surface area contributed by atoms with Crippen molar-refractivity contribution in [2.24, 2.45) is 11.8 Å². The number of amides is 1. The van der Waals surface area contributed by atoms with Crippen molar-refractivity contribution in [3.05, 3.63) is 35.9 Å². The zero-order valence-corrected chi connectivity index (χ0v) is 15.6. The maximum absolute atomic E-state index is 12.8. The van der Waals surface area contributed by atoms with Crippen molar-refractivity contribution in [1.82, 2.24) is 9.80 Å². The van der Waals surface area contributed by atoms with Crippen LogP contribution in [0.3, 0.4) is 0 Å². The third-order valence-electron chi connectivity index (χ3n) is 6.16. The Bertz CT molecular complexity index is 546. The molecule has 1 aromatic rings. The summed E-state index contributed by atoms with van der Waals surface area (Å²) in [6.45, 7) is 7.93. The number of likely N-dealkylation sites (tertiary alicyclic amines) is 2. The molecule has 2 atom stereocenters. The van der Waals surface area contributed by atoms with E-state index in [0.717, 1.165) is 63.3 Å². The van der Waals surface area contributed by atoms with Gasteiger partial charge in [-0.25, -0.2) is 0 Å². The summed E-state index contributed by atoms with van der Waals surface area (Å²) >= 11 is 0. The Morgan fingerprint density at radius 1 is 1.04 bits per heavy atom. The fraction of sp³-hybridized carbons (Fsp3) is 0.667. The van der Waals surface area contributed by atoms with Crippen LogP contribution in [-0.2, 0) is 4.79 Å². The van der Waals surface area contributed by atoms with E-state index < -0.39 is 6.10 Å². The Kier molecular flexibility index (Phi) is 6.13. The Morgan fingerprint density at radius 3 is 2.24 bits per heavy atom. The Labute approximate surface area is 151 Å². The second-order valence-corrected chi connectivity index (χ2v) is 7.91. The van der Waals surface area contributed by atoms with Gasteiger partial charge in [0.15, 0.2) is 0 Å². The van der Waals surface area contributed by atoms with E-state index in [-0.39, 0.29) is 17.9 Å². The summed E-state index contributed by atoms with van der Waals surface area (Å²) in [5.41, 5.74) is 1.01. The number of piperidine rings is 2. The van der Waals surface area contributed by atoms with Crippen molar-refractivity contribution in [3.8, 4) is 0 Å². The van der Waals surface area contributed by atoms with Gasteiger partial charge in [0.1, 0.15) is 0 Å². The molecule has 0 radical (unpaired) electrons. The van der Waals surface area contributed by atoms with E-state index in [1.807, 2.05) is 37.3 Å². The van der Waals surface area contributed by atoms with E-state index in [1.54, 1.807) is 0 Å². The summed E-state index contributed by atoms with van der Waals surface area (Å²) in [6.07, 6.45) is 3.76. The maximum atomic E-state index is 12.8. The zero-order valence-electron chi connectivity index (χ0n) is 15.6. The zero-order chi connectivity index (χ0) is 17.8. The molecule has 4 heteroatoms. The van der Waals surface area contributed by atoms with Crippen LogP contribution in [0.4, 0.5) is 0 Å². The minimum Gasteiger partial charge on any atom is -0.388 e. The van der Waals surface area contributed by atoms with Gasteiger partial charge >= 0.3 is 0 Å². The third-order valence-corrected chi connectivity index (χ3v) is 6.16. The van der Waals surface area contributed by atoms with Crippen LogP contribution in [0.15, 0.2) is 30.3 Å². The molecule has 0 aliphatic carbocycles. The van der Waals surface area contributed by atoms with Crippen LogP contribution in [0.25, 0.3) is 0 Å². The lowest BCUT2D eigenvalue weighted by molar-refractivity contribution is -0.138. The van der Waals surface area contributed by atoms with Gasteiger partial charge in [0.2, 0.25) is 5.91 Å². The molecule has 0 bridgehead atoms. The van der Waals surface area contributed by atoms with Gasteiger partial charge in [-0.2, -0.15) is 0 Å². The monoisotopic (exact) mass is 344 g/mol. The van der Waals surface area contributed by atoms with Crippen LogP contribution in [0, 0.1) is 11.8 Å². The number of aliphatic hydroxyl groups excluding tert-OH is 1. The van der Waals surface area contributed by atoms with Crippen molar-refractivity contribution in [2.75, 3.05) is 26.2 Å². The minimum atomic E-state index is -0.391. The van der Waals surface area contributed by atoms with Crippen molar-refractivity contribution in [3.63, 3.8) is 0 Å². The lowest BCUT2D eigenvalue weighted by Gasteiger charge is -2.40. The lowest BCUT2D eigenvalue weighted by Crippen LogP contribution is -2.51. The molecular formula is C21H32N2O2. The molecule has 138 valence electrons. The van der Waals surface area contributed by atoms with E-state index in [4.69, 9.17) is 0 Å². The van der Waals surface area contributed by atoms with Crippen LogP contribution in [0.1, 0.15) is 51.2 Å². The number of carbonyl (C=O) groups is 1. The molecule has 4 nitrogen and oxygen atoms in total. The molecule has 1 aromatic carbocycles. The Morgan fingerprint density at radius 2 is 1.64 bits per heavy atom. The summed E-state index contributed by atoms with van der Waals surface area (Å²) in [6, 6.07) is 9.90. The smallest absolute Gasteiger partial charge is 0.239 e. The predicted octanol–water partition coefficient (Wildman–Crippen LogP) is 3.08. The van der Waals surface area contributed by atoms with Gasteiger partial charge in [-0.3, -0.25) is 9.69 Å². The highest BCUT2D eigenvalue weighted by atomic mass is 16.3. The number of hydrogen-bond donors (Lipinski definition) is 1. The standard InChI is InChI=1S/C21H32N2O2/c1-16-8-12-23(13-9-16)21(25)17(2)22-14-10-19(11-15-22)20(24)18-6-4-3-5-7-18/h3-7,16-17,19-20,24H,8-15H2,1-2H3. The highest BCUT2D eigenvalue weighted by Gasteiger charge is 2.32. The van der Waals surface area contributed by atoms with Crippen LogP contribution in [-0.4, -0.2) is 53.0 Å². The first-order chi connectivity index (χ1) is 12.1. The molecule has 2 heterocycles. The van der Waals surface area contributed by atoms with Gasteiger partial charge in [-0.05, 0) is 63.1 Å². The number of aliphatic hydroxyl groups is 1. The Balaban J connectivity index is 1.50. The number of rotatable bonds is 4. The topological polar surface area (TPSA) is 43.8 Å². The fourth-order valence-electron chi connectivity index (χ4n) is 4.19. The molecule has 2 aliphatic rings. The molecule has 25 heavy (non-hydrogen) atoms. The normalized spacial score (nSPS) is 23.4. The van der Waals surface area contributed by atoms with E-state index in [9.17, 15) is 9.90 Å². The number of hydrogen-bond acceptors (Lipinski definition) is 3. The molecule has 0 saturated carbocycles. The summed E-state index contributed by atoms with van der Waals surface area (Å²) < 4.78 is 0. The largest absolute Gasteiger partial charge is 0.388 e. The van der Waals surface area contributed by atoms with Gasteiger partial charge in [-0.15, -0.1) is 0 Å². The van der Waals surface area contributed by atoms with E-state index in [2.05, 4.69) is 16.7 Å². The molecule has 2 unspecified atom stereocenters. The average molecular weight is 344 g/mol. The Hall–Kier alpha value is -1.39. The van der Waals surface area contributed by atoms with Gasteiger partial charge in [0, 0.05) is 13.1 Å². The molecule has 2 fully saturated rings. The summed E-state index contributed by atoms with van der Waals surface area (Å²) in [5, 5.41) is 10.6. The molecule has 1 amide bonds. The van der Waals surface area contributed by atoms with Gasteiger partial charge < -0.3 is 10.0 Å². The van der Waals surface area contributed by atoms with Gasteiger partial charge in [0.05, 0.1) is 12.1 Å². The van der Waals surface area contributed by atoms with E-state index >= 15 is 0 Å². The second-order valence-electron chi connectivity index (χ2n) is 7.91. The molecule has 3 rings (SSSR count). The fourth-order valence-corrected chi connectivity index (χ4v) is 4.19. The molecule has 1 N–H and O–H groups in total. The van der Waals surface area contributed by atoms with E-state index in [1.165, 1.54) is 0 Å². The predicted molar refractivity (Wildman–Crippen MR) is 100 cm³/mol. The second kappa shape index (κ2) is 8.33. The molecule has 2 aliphatic heterocycles. The van der Waals surface area contributed by atoms with Crippen molar-refractivity contribution in [2.45, 2.75) is 51.7 Å². The third kappa shape index (κ3) is 4.42. The van der Waals surface area contributed by atoms with Gasteiger partial charge in [-0.1, -0.05) is 37.3 Å². The van der Waals surface area contributed by atoms with Crippen molar-refractivity contribution >= 4 is 5.91 Å². The maximum Gasteiger partial charge on any atom is 0.239 e. The molecule has 0 aromatic heterocycles. The first-order valence-corrected chi connectivity index (χ1v) is 9.82. The minimum absolute atomic E-state index is 0.0387. The first kappa shape index (κ1) is 18.4. The molecule has 2 saturated heterocycles. The van der Waals surface area contributed by atoms with Crippen LogP contribution in [0.2, 0.25) is 0 Å². The van der Waals surface area contributed by atoms with E-state index in [0.29, 0.717) is 0 Å². The van der Waals surface area contributed by atoms with Crippen molar-refractivity contribution < 1.29 is 9.90 Å².